The lowest BCUT2D eigenvalue weighted by Gasteiger charge is -2.31. The lowest BCUT2D eigenvalue weighted by Crippen LogP contribution is -2.43. The third-order valence-electron chi connectivity index (χ3n) is 6.11. The van der Waals surface area contributed by atoms with Crippen LogP contribution in [-0.2, 0) is 27.7 Å². The zero-order valence-electron chi connectivity index (χ0n) is 16.8. The first-order valence-electron chi connectivity index (χ1n) is 10.4. The summed E-state index contributed by atoms with van der Waals surface area (Å²) in [6, 6.07) is 9.58. The van der Waals surface area contributed by atoms with Gasteiger partial charge >= 0.3 is 0 Å². The Morgan fingerprint density at radius 3 is 2.55 bits per heavy atom. The monoisotopic (exact) mass is 432 g/mol. The minimum atomic E-state index is -3.50. The number of carbonyl (C=O) groups is 1. The summed E-state index contributed by atoms with van der Waals surface area (Å²) in [6.07, 6.45) is 5.43. The number of aryl methyl sites for hydroxylation is 2. The summed E-state index contributed by atoms with van der Waals surface area (Å²) < 4.78 is 27.8. The number of amides is 1. The highest BCUT2D eigenvalue weighted by molar-refractivity contribution is 7.89. The van der Waals surface area contributed by atoms with Crippen molar-refractivity contribution in [1.82, 2.24) is 9.62 Å². The minimum absolute atomic E-state index is 0.0141. The maximum atomic E-state index is 13.1. The molecule has 2 heterocycles. The maximum absolute atomic E-state index is 13.1. The van der Waals surface area contributed by atoms with Crippen LogP contribution in [0.5, 0.6) is 0 Å². The Morgan fingerprint density at radius 1 is 1.14 bits per heavy atom. The quantitative estimate of drug-likeness (QED) is 0.779. The van der Waals surface area contributed by atoms with Crippen LogP contribution in [0, 0.1) is 5.92 Å². The van der Waals surface area contributed by atoms with E-state index in [9.17, 15) is 13.2 Å². The van der Waals surface area contributed by atoms with E-state index < -0.39 is 10.0 Å². The van der Waals surface area contributed by atoms with Gasteiger partial charge in [0.1, 0.15) is 0 Å². The molecule has 0 saturated carbocycles. The molecular weight excluding hydrogens is 404 g/mol. The Balaban J connectivity index is 1.38. The first-order valence-corrected chi connectivity index (χ1v) is 12.7. The van der Waals surface area contributed by atoms with Crippen LogP contribution in [0.1, 0.15) is 54.7 Å². The van der Waals surface area contributed by atoms with E-state index in [1.54, 1.807) is 21.7 Å². The second-order valence-corrected chi connectivity index (χ2v) is 11.0. The van der Waals surface area contributed by atoms with Crippen LogP contribution in [0.4, 0.5) is 0 Å². The van der Waals surface area contributed by atoms with Gasteiger partial charge in [-0.05, 0) is 80.2 Å². The maximum Gasteiger partial charge on any atom is 0.243 e. The van der Waals surface area contributed by atoms with Crippen molar-refractivity contribution >= 4 is 27.3 Å². The fourth-order valence-corrected chi connectivity index (χ4v) is 6.57. The van der Waals surface area contributed by atoms with Gasteiger partial charge in [0.05, 0.1) is 10.9 Å². The highest BCUT2D eigenvalue weighted by Crippen LogP contribution is 2.28. The summed E-state index contributed by atoms with van der Waals surface area (Å²) in [7, 11) is -3.50. The molecule has 2 aliphatic rings. The number of nitrogens with zero attached hydrogens (tertiary/aromatic N) is 1. The van der Waals surface area contributed by atoms with Crippen LogP contribution in [-0.4, -0.2) is 31.7 Å². The molecule has 1 N–H and O–H groups in total. The van der Waals surface area contributed by atoms with E-state index in [0.717, 1.165) is 24.1 Å². The van der Waals surface area contributed by atoms with Gasteiger partial charge < -0.3 is 5.32 Å². The molecule has 0 radical (unpaired) electrons. The van der Waals surface area contributed by atoms with Gasteiger partial charge in [0.25, 0.3) is 0 Å². The minimum Gasteiger partial charge on any atom is -0.349 e. The third-order valence-corrected chi connectivity index (χ3v) is 9.06. The number of thiophene rings is 1. The number of benzene rings is 1. The van der Waals surface area contributed by atoms with Crippen LogP contribution in [0.2, 0.25) is 0 Å². The van der Waals surface area contributed by atoms with E-state index in [0.29, 0.717) is 30.8 Å². The fraction of sp³-hybridized carbons (Fsp3) is 0.500. The van der Waals surface area contributed by atoms with Gasteiger partial charge in [0, 0.05) is 23.9 Å². The van der Waals surface area contributed by atoms with Gasteiger partial charge in [-0.1, -0.05) is 12.1 Å². The summed E-state index contributed by atoms with van der Waals surface area (Å²) >= 11 is 1.63. The summed E-state index contributed by atoms with van der Waals surface area (Å²) in [6.45, 7) is 2.77. The van der Waals surface area contributed by atoms with Gasteiger partial charge in [-0.15, -0.1) is 11.3 Å². The van der Waals surface area contributed by atoms with Crippen LogP contribution in [0.15, 0.2) is 40.6 Å². The second kappa shape index (κ2) is 8.58. The number of nitrogens with one attached hydrogen (secondary N) is 1. The molecule has 7 heteroatoms. The van der Waals surface area contributed by atoms with Crippen molar-refractivity contribution in [2.75, 3.05) is 13.1 Å². The molecule has 0 spiro atoms. The van der Waals surface area contributed by atoms with Crippen molar-refractivity contribution in [3.63, 3.8) is 0 Å². The van der Waals surface area contributed by atoms with E-state index in [1.807, 2.05) is 36.6 Å². The number of rotatable bonds is 5. The number of carbonyl (C=O) groups excluding carboxylic acids is 1. The predicted octanol–water partition coefficient (Wildman–Crippen LogP) is 3.91. The summed E-state index contributed by atoms with van der Waals surface area (Å²) in [4.78, 5) is 14.1. The molecule has 29 heavy (non-hydrogen) atoms. The Bertz CT molecular complexity index is 962. The van der Waals surface area contributed by atoms with Crippen LogP contribution < -0.4 is 5.32 Å². The largest absolute Gasteiger partial charge is 0.349 e. The summed E-state index contributed by atoms with van der Waals surface area (Å²) in [5, 5.41) is 5.08. The molecule has 5 nitrogen and oxygen atoms in total. The van der Waals surface area contributed by atoms with Crippen molar-refractivity contribution in [2.24, 2.45) is 5.92 Å². The van der Waals surface area contributed by atoms with Crippen LogP contribution in [0.25, 0.3) is 0 Å². The molecule has 2 aromatic rings. The van der Waals surface area contributed by atoms with Gasteiger partial charge in [-0.25, -0.2) is 8.42 Å². The highest BCUT2D eigenvalue weighted by Gasteiger charge is 2.33. The van der Waals surface area contributed by atoms with E-state index >= 15 is 0 Å². The lowest BCUT2D eigenvalue weighted by atomic mass is 9.92. The molecule has 0 bridgehead atoms. The first kappa shape index (κ1) is 20.6. The molecule has 1 aromatic heterocycles. The molecular formula is C22H28N2O3S2. The molecule has 1 aliphatic heterocycles. The van der Waals surface area contributed by atoms with E-state index in [4.69, 9.17) is 0 Å². The Labute approximate surface area is 177 Å². The Kier molecular flexibility index (Phi) is 6.08. The second-order valence-electron chi connectivity index (χ2n) is 8.06. The average Bonchev–Trinajstić information content (AvgIpc) is 3.28. The standard InChI is InChI=1S/C22H28N2O3S2/c1-16(21-7-4-14-28-21)23-22(25)18-10-12-24(13-11-18)29(26,27)20-9-8-17-5-2-3-6-19(17)15-20/h4,7-9,14-16,18H,2-3,5-6,10-13H2,1H3,(H,23,25). The molecule has 1 saturated heterocycles. The van der Waals surface area contributed by atoms with Gasteiger partial charge in [0.15, 0.2) is 0 Å². The number of fused-ring (bicyclic) bond motifs is 1. The SMILES string of the molecule is CC(NC(=O)C1CCN(S(=O)(=O)c2ccc3c(c2)CCCC3)CC1)c1cccs1. The number of piperidine rings is 1. The van der Waals surface area contributed by atoms with Crippen molar-refractivity contribution in [3.05, 3.63) is 51.7 Å². The molecule has 1 atom stereocenters. The predicted molar refractivity (Wildman–Crippen MR) is 115 cm³/mol. The summed E-state index contributed by atoms with van der Waals surface area (Å²) in [5.41, 5.74) is 2.46. The number of sulfonamides is 1. The van der Waals surface area contributed by atoms with Crippen molar-refractivity contribution in [3.8, 4) is 0 Å². The molecule has 156 valence electrons. The van der Waals surface area contributed by atoms with E-state index in [1.165, 1.54) is 17.5 Å². The number of hydrogen-bond donors (Lipinski definition) is 1. The van der Waals surface area contributed by atoms with E-state index in [-0.39, 0.29) is 17.9 Å². The first-order chi connectivity index (χ1) is 13.9. The zero-order valence-corrected chi connectivity index (χ0v) is 18.4. The fourth-order valence-electron chi connectivity index (χ4n) is 4.32. The molecule has 1 unspecified atom stereocenters. The summed E-state index contributed by atoms with van der Waals surface area (Å²) in [5.74, 6) is -0.107. The zero-order chi connectivity index (χ0) is 20.4. The Hall–Kier alpha value is -1.70. The van der Waals surface area contributed by atoms with E-state index in [2.05, 4.69) is 5.32 Å². The lowest BCUT2D eigenvalue weighted by molar-refractivity contribution is -0.126. The smallest absolute Gasteiger partial charge is 0.243 e. The number of hydrogen-bond acceptors (Lipinski definition) is 4. The molecule has 1 amide bonds. The van der Waals surface area contributed by atoms with Gasteiger partial charge in [-0.2, -0.15) is 4.31 Å². The average molecular weight is 433 g/mol. The third kappa shape index (κ3) is 4.42. The van der Waals surface area contributed by atoms with Crippen LogP contribution >= 0.6 is 11.3 Å². The van der Waals surface area contributed by atoms with Crippen molar-refractivity contribution in [1.29, 1.82) is 0 Å². The molecule has 1 aliphatic carbocycles. The van der Waals surface area contributed by atoms with Gasteiger partial charge in [-0.3, -0.25) is 4.79 Å². The topological polar surface area (TPSA) is 66.5 Å². The van der Waals surface area contributed by atoms with Crippen molar-refractivity contribution in [2.45, 2.75) is 56.4 Å². The Morgan fingerprint density at radius 2 is 1.86 bits per heavy atom. The van der Waals surface area contributed by atoms with Crippen LogP contribution in [0.3, 0.4) is 0 Å². The molecule has 1 fully saturated rings. The van der Waals surface area contributed by atoms with Gasteiger partial charge in [0.2, 0.25) is 15.9 Å². The molecule has 4 rings (SSSR count). The highest BCUT2D eigenvalue weighted by atomic mass is 32.2. The van der Waals surface area contributed by atoms with Crippen molar-refractivity contribution < 1.29 is 13.2 Å². The molecule has 1 aromatic carbocycles. The normalized spacial score (nSPS) is 19.5.